The van der Waals surface area contributed by atoms with E-state index in [2.05, 4.69) is 20.8 Å². The van der Waals surface area contributed by atoms with Crippen LogP contribution >= 0.6 is 0 Å². The zero-order valence-electron chi connectivity index (χ0n) is 28.1. The molecule has 1 heterocycles. The van der Waals surface area contributed by atoms with Crippen molar-refractivity contribution < 1.29 is 44.5 Å². The van der Waals surface area contributed by atoms with Gasteiger partial charge >= 0.3 is 21.6 Å². The maximum absolute atomic E-state index is 14.4. The predicted molar refractivity (Wildman–Crippen MR) is 169 cm³/mol. The molecule has 0 N–H and O–H groups in total. The van der Waals surface area contributed by atoms with E-state index < -0.39 is 47.9 Å². The quantitative estimate of drug-likeness (QED) is 0.104. The maximum Gasteiger partial charge on any atom is 0.534 e. The summed E-state index contributed by atoms with van der Waals surface area (Å²) in [7, 11) is -8.76. The SMILES string of the molecule is CC[Si](CC)(CC)O[C@H](C(=O)O[C@@H]1C[C@H](C)CC[C@H]1C(C)C)c1c(C)c2c(c(C)c1OS(=O)(=O)C(F)(F)F)CN(C(C)=O)CC2. The molecule has 8 nitrogen and oxygen atoms in total. The number of ether oxygens (including phenoxy) is 1. The number of benzene rings is 1. The monoisotopic (exact) mass is 677 g/mol. The first-order valence-electron chi connectivity index (χ1n) is 16.1. The second kappa shape index (κ2) is 14.3. The maximum atomic E-state index is 14.4. The molecule has 1 saturated carbocycles. The fourth-order valence-corrected chi connectivity index (χ4v) is 10.2. The van der Waals surface area contributed by atoms with Gasteiger partial charge in [-0.05, 0) is 91.2 Å². The second-order valence-electron chi connectivity index (χ2n) is 13.2. The molecule has 13 heteroatoms. The van der Waals surface area contributed by atoms with Crippen molar-refractivity contribution in [2.24, 2.45) is 17.8 Å². The van der Waals surface area contributed by atoms with Gasteiger partial charge in [0.1, 0.15) is 6.10 Å². The predicted octanol–water partition coefficient (Wildman–Crippen LogP) is 7.50. The van der Waals surface area contributed by atoms with Gasteiger partial charge in [0.2, 0.25) is 5.91 Å². The third-order valence-electron chi connectivity index (χ3n) is 10.2. The molecule has 1 fully saturated rings. The molecule has 1 aliphatic heterocycles. The Labute approximate surface area is 267 Å². The van der Waals surface area contributed by atoms with Crippen molar-refractivity contribution in [2.75, 3.05) is 6.54 Å². The highest BCUT2D eigenvalue weighted by atomic mass is 32.2. The second-order valence-corrected chi connectivity index (χ2v) is 19.4. The molecule has 1 aliphatic carbocycles. The van der Waals surface area contributed by atoms with Crippen molar-refractivity contribution in [3.8, 4) is 5.75 Å². The Hall–Kier alpha value is -2.12. The van der Waals surface area contributed by atoms with Crippen LogP contribution in [0.25, 0.3) is 0 Å². The smallest absolute Gasteiger partial charge is 0.460 e. The first kappa shape index (κ1) is 37.3. The van der Waals surface area contributed by atoms with Crippen molar-refractivity contribution in [2.45, 2.75) is 130 Å². The number of carbonyl (C=O) groups is 2. The third kappa shape index (κ3) is 7.89. The molecule has 0 aromatic heterocycles. The summed E-state index contributed by atoms with van der Waals surface area (Å²) in [4.78, 5) is 28.2. The summed E-state index contributed by atoms with van der Waals surface area (Å²) in [6.45, 7) is 17.1. The number of rotatable bonds is 11. The molecule has 1 amide bonds. The molecule has 4 atom stereocenters. The van der Waals surface area contributed by atoms with E-state index in [0.717, 1.165) is 18.4 Å². The highest BCUT2D eigenvalue weighted by Crippen LogP contribution is 2.46. The largest absolute Gasteiger partial charge is 0.534 e. The van der Waals surface area contributed by atoms with Crippen molar-refractivity contribution in [1.29, 1.82) is 0 Å². The topological polar surface area (TPSA) is 99.2 Å². The Balaban J connectivity index is 2.31. The Kier molecular flexibility index (Phi) is 11.9. The summed E-state index contributed by atoms with van der Waals surface area (Å²) in [5.41, 5.74) is -3.98. The normalized spacial score (nSPS) is 21.8. The number of halogens is 3. The van der Waals surface area contributed by atoms with Gasteiger partial charge in [-0.3, -0.25) is 4.79 Å². The van der Waals surface area contributed by atoms with E-state index in [1.807, 2.05) is 20.8 Å². The number of carbonyl (C=O) groups excluding carboxylic acids is 2. The Morgan fingerprint density at radius 1 is 1.02 bits per heavy atom. The zero-order valence-corrected chi connectivity index (χ0v) is 29.9. The van der Waals surface area contributed by atoms with Crippen LogP contribution in [0.3, 0.4) is 0 Å². The fraction of sp³-hybridized carbons (Fsp3) is 0.750. The molecule has 2 aliphatic rings. The molecular weight excluding hydrogens is 627 g/mol. The molecule has 0 saturated heterocycles. The van der Waals surface area contributed by atoms with E-state index in [-0.39, 0.29) is 35.4 Å². The van der Waals surface area contributed by atoms with E-state index in [1.54, 1.807) is 6.92 Å². The lowest BCUT2D eigenvalue weighted by atomic mass is 9.75. The lowest BCUT2D eigenvalue weighted by molar-refractivity contribution is -0.165. The molecule has 3 rings (SSSR count). The molecule has 0 unspecified atom stereocenters. The molecule has 1 aromatic rings. The van der Waals surface area contributed by atoms with Crippen LogP contribution < -0.4 is 4.18 Å². The minimum absolute atomic E-state index is 0.0440. The summed E-state index contributed by atoms with van der Waals surface area (Å²) >= 11 is 0. The average Bonchev–Trinajstić information content (AvgIpc) is 2.96. The minimum atomic E-state index is -6.12. The van der Waals surface area contributed by atoms with E-state index in [9.17, 15) is 31.2 Å². The first-order chi connectivity index (χ1) is 20.8. The summed E-state index contributed by atoms with van der Waals surface area (Å²) in [6, 6.07) is 1.89. The zero-order chi connectivity index (χ0) is 34.1. The number of hydrogen-bond acceptors (Lipinski definition) is 7. The van der Waals surface area contributed by atoms with E-state index in [1.165, 1.54) is 18.7 Å². The third-order valence-corrected chi connectivity index (χ3v) is 15.7. The van der Waals surface area contributed by atoms with E-state index in [4.69, 9.17) is 13.3 Å². The van der Waals surface area contributed by atoms with Crippen LogP contribution in [-0.2, 0) is 41.8 Å². The lowest BCUT2D eigenvalue weighted by Gasteiger charge is -2.39. The van der Waals surface area contributed by atoms with Crippen LogP contribution in [0.4, 0.5) is 13.2 Å². The average molecular weight is 678 g/mol. The standard InChI is InChI=1S/C32H50F3NO7SSi/c1-10-45(11-2,12-3)43-30(31(38)41-27-17-20(6)13-14-24(27)19(4)5)28-21(7)25-15-16-36(23(9)37)18-26(25)22(8)29(28)42-44(39,40)32(33,34)35/h19-20,24,27,30H,10-18H2,1-9H3/t20-,24+,27-,30+/m1/s1. The van der Waals surface area contributed by atoms with Crippen molar-refractivity contribution in [1.82, 2.24) is 4.90 Å². The van der Waals surface area contributed by atoms with Crippen LogP contribution in [0.15, 0.2) is 0 Å². The lowest BCUT2D eigenvalue weighted by Crippen LogP contribution is -2.43. The van der Waals surface area contributed by atoms with Gasteiger partial charge in [0.05, 0.1) is 0 Å². The molecule has 0 bridgehead atoms. The fourth-order valence-electron chi connectivity index (χ4n) is 6.98. The van der Waals surface area contributed by atoms with Gasteiger partial charge in [-0.1, -0.05) is 48.0 Å². The van der Waals surface area contributed by atoms with E-state index in [0.29, 0.717) is 54.6 Å². The van der Waals surface area contributed by atoms with Gasteiger partial charge in [-0.25, -0.2) is 4.79 Å². The number of alkyl halides is 3. The number of nitrogens with zero attached hydrogens (tertiary/aromatic N) is 1. The Morgan fingerprint density at radius 3 is 2.13 bits per heavy atom. The molecule has 0 radical (unpaired) electrons. The van der Waals surface area contributed by atoms with Crippen molar-refractivity contribution >= 4 is 30.3 Å². The number of fused-ring (bicyclic) bond motifs is 1. The van der Waals surface area contributed by atoms with Crippen molar-refractivity contribution in [3.05, 3.63) is 27.8 Å². The highest BCUT2D eigenvalue weighted by molar-refractivity contribution is 7.88. The summed E-state index contributed by atoms with van der Waals surface area (Å²) in [5, 5.41) is 0. The highest BCUT2D eigenvalue weighted by Gasteiger charge is 2.50. The van der Waals surface area contributed by atoms with Crippen LogP contribution in [-0.4, -0.2) is 51.7 Å². The number of amides is 1. The Bertz CT molecular complexity index is 1350. The van der Waals surface area contributed by atoms with Gasteiger partial charge in [0.15, 0.2) is 20.2 Å². The first-order valence-corrected chi connectivity index (χ1v) is 20.1. The van der Waals surface area contributed by atoms with Crippen LogP contribution in [0.2, 0.25) is 18.1 Å². The van der Waals surface area contributed by atoms with Gasteiger partial charge in [-0.2, -0.15) is 21.6 Å². The van der Waals surface area contributed by atoms with E-state index >= 15 is 0 Å². The van der Waals surface area contributed by atoms with Gasteiger partial charge in [0.25, 0.3) is 0 Å². The van der Waals surface area contributed by atoms with Crippen LogP contribution in [0, 0.1) is 31.6 Å². The number of hydrogen-bond donors (Lipinski definition) is 0. The summed E-state index contributed by atoms with van der Waals surface area (Å²) in [6.07, 6.45) is 0.989. The van der Waals surface area contributed by atoms with Crippen molar-refractivity contribution in [3.63, 3.8) is 0 Å². The van der Waals surface area contributed by atoms with Crippen LogP contribution in [0.5, 0.6) is 5.75 Å². The van der Waals surface area contributed by atoms with Gasteiger partial charge in [0, 0.05) is 25.6 Å². The number of esters is 1. The van der Waals surface area contributed by atoms with Gasteiger partial charge in [-0.15, -0.1) is 0 Å². The Morgan fingerprint density at radius 2 is 1.62 bits per heavy atom. The minimum Gasteiger partial charge on any atom is -0.460 e. The van der Waals surface area contributed by atoms with Gasteiger partial charge < -0.3 is 18.2 Å². The summed E-state index contributed by atoms with van der Waals surface area (Å²) in [5.74, 6) is -0.896. The van der Waals surface area contributed by atoms with Crippen LogP contribution in [0.1, 0.15) is 102 Å². The summed E-state index contributed by atoms with van der Waals surface area (Å²) < 4.78 is 84.3. The molecule has 0 spiro atoms. The molecule has 256 valence electrons. The molecule has 1 aromatic carbocycles. The molecule has 45 heavy (non-hydrogen) atoms. The molecular formula is C32H50F3NO7SSi.